The van der Waals surface area contributed by atoms with E-state index in [4.69, 9.17) is 3.63 Å². The highest BCUT2D eigenvalue weighted by Gasteiger charge is 2.19. The van der Waals surface area contributed by atoms with Gasteiger partial charge in [-0.1, -0.05) is 133 Å². The molecule has 4 aromatic rings. The molecule has 0 unspecified atom stereocenters. The van der Waals surface area contributed by atoms with Crippen molar-refractivity contribution in [3.8, 4) is 22.3 Å². The molecule has 0 N–H and O–H groups in total. The van der Waals surface area contributed by atoms with Gasteiger partial charge in [-0.25, -0.2) is 3.63 Å². The molecule has 0 aliphatic rings. The Balaban J connectivity index is 1.67. The molecule has 0 amide bonds. The summed E-state index contributed by atoms with van der Waals surface area (Å²) in [7, 11) is 0. The zero-order valence-electron chi connectivity index (χ0n) is 18.8. The van der Waals surface area contributed by atoms with Gasteiger partial charge >= 0.3 is 0 Å². The molecule has 37 heavy (non-hydrogen) atoms. The predicted molar refractivity (Wildman–Crippen MR) is 183 cm³/mol. The molecule has 0 bridgehead atoms. The minimum atomic E-state index is 0.776. The number of hydrogen-bond donors (Lipinski definition) is 0. The summed E-state index contributed by atoms with van der Waals surface area (Å²) >= 11 is 24.3. The Bertz CT molecular complexity index is 1370. The number of hydrogen-bond acceptors (Lipinski definition) is 3. The van der Waals surface area contributed by atoms with Crippen molar-refractivity contribution in [3.05, 3.63) is 115 Å². The molecule has 0 atom stereocenters. The Hall–Kier alpha value is -0.100. The zero-order chi connectivity index (χ0) is 26.7. The van der Waals surface area contributed by atoms with Crippen LogP contribution in [0.3, 0.4) is 0 Å². The third-order valence-corrected chi connectivity index (χ3v) is 10.0. The van der Waals surface area contributed by atoms with E-state index >= 15 is 0 Å². The van der Waals surface area contributed by atoms with Gasteiger partial charge in [-0.2, -0.15) is 0 Å². The van der Waals surface area contributed by atoms with Crippen LogP contribution in [0.25, 0.3) is 31.2 Å². The molecular weight excluding hydrogens is 896 g/mol. The summed E-state index contributed by atoms with van der Waals surface area (Å²) < 4.78 is 11.7. The van der Waals surface area contributed by atoms with Crippen molar-refractivity contribution in [3.63, 3.8) is 0 Å². The maximum Gasteiger partial charge on any atom is 0.0456 e. The van der Waals surface area contributed by atoms with Gasteiger partial charge in [0.1, 0.15) is 0 Å². The fourth-order valence-corrected chi connectivity index (χ4v) is 8.00. The summed E-state index contributed by atoms with van der Waals surface area (Å²) in [6.45, 7) is 8.36. The van der Waals surface area contributed by atoms with Gasteiger partial charge in [0.2, 0.25) is 0 Å². The highest BCUT2D eigenvalue weighted by Crippen LogP contribution is 2.47. The molecule has 0 heterocycles. The summed E-state index contributed by atoms with van der Waals surface area (Å²) in [6.07, 6.45) is 0. The van der Waals surface area contributed by atoms with Crippen molar-refractivity contribution in [2.75, 3.05) is 0 Å². The first-order valence-electron chi connectivity index (χ1n) is 10.5. The van der Waals surface area contributed by atoms with E-state index in [0.29, 0.717) is 0 Å². The van der Waals surface area contributed by atoms with Crippen LogP contribution in [0.2, 0.25) is 0 Å². The van der Waals surface area contributed by atoms with Gasteiger partial charge in [-0.3, -0.25) is 0 Å². The average molecular weight is 912 g/mol. The third kappa shape index (κ3) is 7.16. The summed E-state index contributed by atoms with van der Waals surface area (Å²) in [4.78, 5) is 1.89. The summed E-state index contributed by atoms with van der Waals surface area (Å²) in [6, 6.07) is 24.5. The van der Waals surface area contributed by atoms with E-state index in [2.05, 4.69) is 133 Å². The average Bonchev–Trinajstić information content (AvgIpc) is 2.86. The van der Waals surface area contributed by atoms with Gasteiger partial charge < -0.3 is 0 Å². The summed E-state index contributed by atoms with van der Waals surface area (Å²) in [5.41, 5.74) is 6.18. The maximum absolute atomic E-state index is 6.15. The summed E-state index contributed by atoms with van der Waals surface area (Å²) in [5, 5.41) is 0. The van der Waals surface area contributed by atoms with Crippen LogP contribution in [-0.2, 0) is 3.63 Å². The van der Waals surface area contributed by atoms with Gasteiger partial charge in [0.15, 0.2) is 0 Å². The van der Waals surface area contributed by atoms with Gasteiger partial charge in [-0.05, 0) is 59.7 Å². The van der Waals surface area contributed by atoms with Crippen molar-refractivity contribution in [2.24, 2.45) is 0 Å². The third-order valence-electron chi connectivity index (χ3n) is 5.29. The van der Waals surface area contributed by atoms with E-state index in [1.165, 1.54) is 24.1 Å². The Labute approximate surface area is 276 Å². The SMILES string of the molecule is C=C(Br)c1c(SOSc2ccc(Br)c(-c3ccc(Br)cc3)c2C(=C)Br)ccc(Br)c1-c1ccc(Br)cc1. The molecule has 188 valence electrons. The van der Waals surface area contributed by atoms with Crippen LogP contribution in [0.1, 0.15) is 11.1 Å². The van der Waals surface area contributed by atoms with Crippen molar-refractivity contribution < 1.29 is 3.63 Å². The number of benzene rings is 4. The molecule has 4 aromatic carbocycles. The molecule has 4 rings (SSSR count). The van der Waals surface area contributed by atoms with Crippen LogP contribution in [0.4, 0.5) is 0 Å². The Morgan fingerprint density at radius 2 is 0.892 bits per heavy atom. The second-order valence-electron chi connectivity index (χ2n) is 7.65. The molecule has 0 aromatic heterocycles. The van der Waals surface area contributed by atoms with E-state index < -0.39 is 0 Å². The Morgan fingerprint density at radius 3 is 1.22 bits per heavy atom. The zero-order valence-corrected chi connectivity index (χ0v) is 30.0. The highest BCUT2D eigenvalue weighted by molar-refractivity contribution is 9.15. The lowest BCUT2D eigenvalue weighted by molar-refractivity contribution is 0.756. The standard InChI is InChI=1S/C28H16Br6OS2/c1-15(29)25-23(13-11-21(33)27(25)17-3-7-19(31)8-4-17)36-35-37-24-14-12-22(34)28(26(24)16(2)30)18-5-9-20(32)10-6-18/h3-14H,1-2H2. The van der Waals surface area contributed by atoms with Crippen molar-refractivity contribution >= 4 is 129 Å². The first-order valence-corrected chi connectivity index (χ1v) is 16.8. The van der Waals surface area contributed by atoms with Crippen molar-refractivity contribution in [1.82, 2.24) is 0 Å². The molecule has 0 spiro atoms. The quantitative estimate of drug-likeness (QED) is 0.163. The van der Waals surface area contributed by atoms with Crippen molar-refractivity contribution in [1.29, 1.82) is 0 Å². The fraction of sp³-hybridized carbons (Fsp3) is 0. The largest absolute Gasteiger partial charge is 0.237 e. The Morgan fingerprint density at radius 1 is 0.541 bits per heavy atom. The van der Waals surface area contributed by atoms with E-state index in [-0.39, 0.29) is 0 Å². The molecule has 0 saturated heterocycles. The lowest BCUT2D eigenvalue weighted by Gasteiger charge is -2.17. The van der Waals surface area contributed by atoms with E-state index in [0.717, 1.165) is 70.0 Å². The van der Waals surface area contributed by atoms with Crippen LogP contribution in [0.15, 0.2) is 114 Å². The molecule has 0 fully saturated rings. The first kappa shape index (κ1) is 29.9. The van der Waals surface area contributed by atoms with Crippen LogP contribution in [-0.4, -0.2) is 0 Å². The van der Waals surface area contributed by atoms with E-state index in [1.54, 1.807) is 0 Å². The second-order valence-corrected chi connectivity index (χ2v) is 14.9. The lowest BCUT2D eigenvalue weighted by atomic mass is 10.00. The predicted octanol–water partition coefficient (Wildman–Crippen LogP) is 13.5. The normalized spacial score (nSPS) is 11.0. The second kappa shape index (κ2) is 13.5. The summed E-state index contributed by atoms with van der Waals surface area (Å²) in [5.74, 6) is 0. The minimum Gasteiger partial charge on any atom is -0.237 e. The van der Waals surface area contributed by atoms with Crippen molar-refractivity contribution in [2.45, 2.75) is 9.79 Å². The molecule has 0 saturated carbocycles. The fourth-order valence-electron chi connectivity index (χ4n) is 3.68. The van der Waals surface area contributed by atoms with Crippen LogP contribution in [0, 0.1) is 0 Å². The van der Waals surface area contributed by atoms with Gasteiger partial charge in [0.25, 0.3) is 0 Å². The molecule has 0 aliphatic carbocycles. The molecule has 1 nitrogen and oxygen atoms in total. The molecule has 9 heteroatoms. The van der Waals surface area contributed by atoms with Gasteiger partial charge in [0, 0.05) is 83.0 Å². The van der Waals surface area contributed by atoms with E-state index in [9.17, 15) is 0 Å². The van der Waals surface area contributed by atoms with E-state index in [1.807, 2.05) is 48.5 Å². The minimum absolute atomic E-state index is 0.776. The highest BCUT2D eigenvalue weighted by atomic mass is 79.9. The number of halogens is 6. The maximum atomic E-state index is 6.15. The lowest BCUT2D eigenvalue weighted by Crippen LogP contribution is -1.93. The monoisotopic (exact) mass is 906 g/mol. The molecular formula is C28H16Br6OS2. The molecule has 0 radical (unpaired) electrons. The van der Waals surface area contributed by atoms with Crippen LogP contribution in [0.5, 0.6) is 0 Å². The topological polar surface area (TPSA) is 9.23 Å². The molecule has 0 aliphatic heterocycles. The smallest absolute Gasteiger partial charge is 0.0456 e. The van der Waals surface area contributed by atoms with Crippen LogP contribution < -0.4 is 0 Å². The van der Waals surface area contributed by atoms with Gasteiger partial charge in [0.05, 0.1) is 0 Å². The Kier molecular flexibility index (Phi) is 10.9. The first-order chi connectivity index (χ1) is 17.7. The van der Waals surface area contributed by atoms with Gasteiger partial charge in [-0.15, -0.1) is 0 Å². The van der Waals surface area contributed by atoms with Crippen LogP contribution >= 0.6 is 120 Å². The number of rotatable bonds is 8.